The summed E-state index contributed by atoms with van der Waals surface area (Å²) in [6.07, 6.45) is -17.4. The summed E-state index contributed by atoms with van der Waals surface area (Å²) in [7, 11) is 0. The standard InChI is InChI=1S/C52H84O20/c1-23-32(55)40(71-42-37(60)35(58)28(22-66-42)69-43-38(61)36(59)34(57)27(20-53)68-43)39(62)44(67-23)72-41-33(56)26(54)21-65-45(41)70-31-12-13-49(6)29(48(31,4)5)11-14-51(8)30(49)10-9-24-25-19-47(2,3)15-17-52(25,46(63)64)18-16-50(24,51)7/h9,23,25-45,53-62H,10-22H2,1-8H3,(H,63,64). The van der Waals surface area contributed by atoms with Crippen LogP contribution in [0.4, 0.5) is 0 Å². The lowest BCUT2D eigenvalue weighted by Gasteiger charge is -2.71. The number of aliphatic hydroxyl groups excluding tert-OH is 10. The summed E-state index contributed by atoms with van der Waals surface area (Å²) in [5.74, 6) is -0.0524. The molecule has 8 fully saturated rings. The normalized spacial score (nSPS) is 54.3. The van der Waals surface area contributed by atoms with Crippen molar-refractivity contribution in [2.75, 3.05) is 19.8 Å². The van der Waals surface area contributed by atoms with Crippen molar-refractivity contribution in [2.45, 2.75) is 236 Å². The minimum absolute atomic E-state index is 0.0208. The fraction of sp³-hybridized carbons (Fsp3) is 0.942. The molecule has 4 heterocycles. The van der Waals surface area contributed by atoms with Crippen molar-refractivity contribution in [1.29, 1.82) is 0 Å². The Labute approximate surface area is 421 Å². The van der Waals surface area contributed by atoms with Crippen LogP contribution in [-0.2, 0) is 42.7 Å². The van der Waals surface area contributed by atoms with E-state index in [0.717, 1.165) is 44.9 Å². The molecule has 412 valence electrons. The third-order valence-corrected chi connectivity index (χ3v) is 20.7. The van der Waals surface area contributed by atoms with Gasteiger partial charge in [-0.25, -0.2) is 0 Å². The van der Waals surface area contributed by atoms with Gasteiger partial charge in [0.2, 0.25) is 0 Å². The fourth-order valence-electron chi connectivity index (χ4n) is 16.0. The fourth-order valence-corrected chi connectivity index (χ4v) is 16.0. The van der Waals surface area contributed by atoms with Gasteiger partial charge in [-0.05, 0) is 116 Å². The maximum atomic E-state index is 13.2. The molecule has 20 heteroatoms. The zero-order valence-electron chi connectivity index (χ0n) is 43.1. The Balaban J connectivity index is 0.874. The smallest absolute Gasteiger partial charge is 0.310 e. The van der Waals surface area contributed by atoms with Crippen LogP contribution >= 0.6 is 0 Å². The highest BCUT2D eigenvalue weighted by Crippen LogP contribution is 2.76. The molecule has 11 N–H and O–H groups in total. The van der Waals surface area contributed by atoms with Crippen LogP contribution in [0.15, 0.2) is 11.6 Å². The molecule has 5 aliphatic carbocycles. The van der Waals surface area contributed by atoms with Gasteiger partial charge in [0.15, 0.2) is 25.2 Å². The van der Waals surface area contributed by atoms with E-state index < -0.39 is 141 Å². The number of carboxylic acids is 1. The van der Waals surface area contributed by atoms with Gasteiger partial charge >= 0.3 is 5.97 Å². The number of hydrogen-bond donors (Lipinski definition) is 11. The third kappa shape index (κ3) is 8.87. The number of fused-ring (bicyclic) bond motifs is 7. The molecule has 0 spiro atoms. The molecular formula is C52H84O20. The number of hydrogen-bond acceptors (Lipinski definition) is 19. The molecule has 4 saturated carbocycles. The first kappa shape index (κ1) is 55.3. The van der Waals surface area contributed by atoms with E-state index in [-0.39, 0.29) is 46.2 Å². The first-order valence-corrected chi connectivity index (χ1v) is 26.5. The summed E-state index contributed by atoms with van der Waals surface area (Å²) >= 11 is 0. The molecular weight excluding hydrogens is 945 g/mol. The number of ether oxygens (including phenoxy) is 8. The van der Waals surface area contributed by atoms with Crippen LogP contribution in [0.25, 0.3) is 0 Å². The van der Waals surface area contributed by atoms with E-state index >= 15 is 0 Å². The van der Waals surface area contributed by atoms with E-state index in [1.165, 1.54) is 12.5 Å². The Hall–Kier alpha value is -1.51. The molecule has 0 radical (unpaired) electrons. The summed E-state index contributed by atoms with van der Waals surface area (Å²) in [5.41, 5.74) is 0.0683. The van der Waals surface area contributed by atoms with Crippen molar-refractivity contribution in [2.24, 2.45) is 50.2 Å². The van der Waals surface area contributed by atoms with Gasteiger partial charge in [0.1, 0.15) is 79.4 Å². The first-order chi connectivity index (χ1) is 33.7. The molecule has 9 aliphatic rings. The average Bonchev–Trinajstić information content (AvgIpc) is 3.32. The van der Waals surface area contributed by atoms with Crippen LogP contribution in [0.1, 0.15) is 120 Å². The topological polar surface area (TPSA) is 313 Å². The summed E-state index contributed by atoms with van der Waals surface area (Å²) < 4.78 is 47.8. The Kier molecular flexibility index (Phi) is 15.2. The number of rotatable bonds is 10. The molecule has 72 heavy (non-hydrogen) atoms. The predicted octanol–water partition coefficient (Wildman–Crippen LogP) is 0.836. The number of carbonyl (C=O) groups is 1. The lowest BCUT2D eigenvalue weighted by molar-refractivity contribution is -0.382. The molecule has 0 aromatic carbocycles. The Morgan fingerprint density at radius 3 is 1.99 bits per heavy atom. The minimum Gasteiger partial charge on any atom is -0.481 e. The predicted molar refractivity (Wildman–Crippen MR) is 250 cm³/mol. The number of aliphatic hydroxyl groups is 10. The van der Waals surface area contributed by atoms with Gasteiger partial charge in [-0.1, -0.05) is 60.1 Å². The molecule has 26 unspecified atom stereocenters. The molecule has 0 bridgehead atoms. The first-order valence-electron chi connectivity index (χ1n) is 26.5. The van der Waals surface area contributed by atoms with Gasteiger partial charge in [-0.15, -0.1) is 0 Å². The Bertz CT molecular complexity index is 1990. The van der Waals surface area contributed by atoms with Crippen molar-refractivity contribution in [3.63, 3.8) is 0 Å². The van der Waals surface area contributed by atoms with Gasteiger partial charge in [-0.2, -0.15) is 0 Å². The zero-order valence-corrected chi connectivity index (χ0v) is 43.1. The summed E-state index contributed by atoms with van der Waals surface area (Å²) in [6, 6.07) is 0. The molecule has 26 atom stereocenters. The van der Waals surface area contributed by atoms with E-state index in [9.17, 15) is 61.0 Å². The number of carboxylic acid groups (broad SMARTS) is 1. The van der Waals surface area contributed by atoms with Crippen LogP contribution in [0, 0.1) is 50.2 Å². The highest BCUT2D eigenvalue weighted by atomic mass is 16.8. The van der Waals surface area contributed by atoms with Crippen molar-refractivity contribution in [3.8, 4) is 0 Å². The molecule has 4 saturated heterocycles. The van der Waals surface area contributed by atoms with Crippen LogP contribution in [-0.4, -0.2) is 199 Å². The second-order valence-electron chi connectivity index (χ2n) is 25.4. The largest absolute Gasteiger partial charge is 0.481 e. The van der Waals surface area contributed by atoms with E-state index in [4.69, 9.17) is 37.9 Å². The van der Waals surface area contributed by atoms with Crippen LogP contribution in [0.3, 0.4) is 0 Å². The highest BCUT2D eigenvalue weighted by Gasteiger charge is 2.70. The van der Waals surface area contributed by atoms with Crippen LogP contribution < -0.4 is 0 Å². The Morgan fingerprint density at radius 2 is 1.29 bits per heavy atom. The summed E-state index contributed by atoms with van der Waals surface area (Å²) in [4.78, 5) is 13.2. The highest BCUT2D eigenvalue weighted by molar-refractivity contribution is 5.76. The van der Waals surface area contributed by atoms with Crippen molar-refractivity contribution < 1.29 is 98.9 Å². The zero-order chi connectivity index (χ0) is 52.4. The van der Waals surface area contributed by atoms with Crippen molar-refractivity contribution in [3.05, 3.63) is 11.6 Å². The SMILES string of the molecule is CC1OC(OC2C(OC3CCC4(C)C(CCC5(C)C4CC=C4C6CC(C)(C)CCC6(C(=O)O)CCC45C)C3(C)C)OCC(O)C2O)C(O)C(OC2OCC(OC3OC(CO)C(O)C(O)C3O)C(O)C2O)C1O. The van der Waals surface area contributed by atoms with Crippen LogP contribution in [0.5, 0.6) is 0 Å². The van der Waals surface area contributed by atoms with E-state index in [0.29, 0.717) is 25.2 Å². The summed E-state index contributed by atoms with van der Waals surface area (Å²) in [6.45, 7) is 16.4. The molecule has 20 nitrogen and oxygen atoms in total. The van der Waals surface area contributed by atoms with Gasteiger partial charge < -0.3 is 94.1 Å². The third-order valence-electron chi connectivity index (χ3n) is 20.7. The van der Waals surface area contributed by atoms with Crippen LogP contribution in [0.2, 0.25) is 0 Å². The van der Waals surface area contributed by atoms with E-state index in [1.54, 1.807) is 0 Å². The van der Waals surface area contributed by atoms with Gasteiger partial charge in [0.05, 0.1) is 37.4 Å². The monoisotopic (exact) mass is 1030 g/mol. The molecule has 4 aliphatic heterocycles. The maximum Gasteiger partial charge on any atom is 0.310 e. The lowest BCUT2D eigenvalue weighted by atomic mass is 9.33. The molecule has 0 amide bonds. The summed E-state index contributed by atoms with van der Waals surface area (Å²) in [5, 5.41) is 119. The number of aliphatic carboxylic acids is 1. The number of allylic oxidation sites excluding steroid dienone is 2. The van der Waals surface area contributed by atoms with Gasteiger partial charge in [0.25, 0.3) is 0 Å². The minimum atomic E-state index is -1.86. The lowest BCUT2D eigenvalue weighted by Crippen LogP contribution is -2.66. The molecule has 0 aromatic rings. The van der Waals surface area contributed by atoms with Gasteiger partial charge in [-0.3, -0.25) is 4.79 Å². The molecule has 0 aromatic heterocycles. The van der Waals surface area contributed by atoms with Gasteiger partial charge in [0, 0.05) is 0 Å². The quantitative estimate of drug-likeness (QED) is 0.107. The second-order valence-corrected chi connectivity index (χ2v) is 25.4. The molecule has 9 rings (SSSR count). The van der Waals surface area contributed by atoms with Crippen molar-refractivity contribution in [1.82, 2.24) is 0 Å². The average molecular weight is 1030 g/mol. The van der Waals surface area contributed by atoms with Crippen molar-refractivity contribution >= 4 is 5.97 Å². The van der Waals surface area contributed by atoms with E-state index in [1.807, 2.05) is 0 Å². The van der Waals surface area contributed by atoms with E-state index in [2.05, 4.69) is 54.5 Å². The second kappa shape index (κ2) is 19.7. The maximum absolute atomic E-state index is 13.2. The Morgan fingerprint density at radius 1 is 0.639 bits per heavy atom.